The van der Waals surface area contributed by atoms with Crippen LogP contribution in [-0.2, 0) is 17.8 Å². The van der Waals surface area contributed by atoms with Crippen LogP contribution in [0.15, 0.2) is 46.9 Å². The standard InChI is InChI=1S/C18H21BrN2O2/c1-3-20-12-13-5-4-6-16(9-13)21-18(22)11-14-10-15(19)7-8-17(14)23-2/h4-10,20H,3,11-12H2,1-2H3,(H,21,22). The van der Waals surface area contributed by atoms with E-state index in [1.165, 1.54) is 0 Å². The van der Waals surface area contributed by atoms with Gasteiger partial charge in [-0.1, -0.05) is 35.0 Å². The van der Waals surface area contributed by atoms with Crippen molar-refractivity contribution in [1.82, 2.24) is 5.32 Å². The molecule has 0 fully saturated rings. The van der Waals surface area contributed by atoms with Gasteiger partial charge in [0.1, 0.15) is 5.75 Å². The lowest BCUT2D eigenvalue weighted by molar-refractivity contribution is -0.115. The molecule has 2 aromatic rings. The average molecular weight is 377 g/mol. The second-order valence-electron chi connectivity index (χ2n) is 5.16. The molecule has 0 spiro atoms. The smallest absolute Gasteiger partial charge is 0.228 e. The van der Waals surface area contributed by atoms with Crippen molar-refractivity contribution in [2.24, 2.45) is 0 Å². The summed E-state index contributed by atoms with van der Waals surface area (Å²) in [5.41, 5.74) is 2.80. The van der Waals surface area contributed by atoms with Crippen LogP contribution >= 0.6 is 15.9 Å². The van der Waals surface area contributed by atoms with Crippen molar-refractivity contribution in [1.29, 1.82) is 0 Å². The predicted molar refractivity (Wildman–Crippen MR) is 96.9 cm³/mol. The number of hydrogen-bond donors (Lipinski definition) is 2. The minimum atomic E-state index is -0.0676. The Morgan fingerprint density at radius 1 is 1.22 bits per heavy atom. The molecule has 1 amide bonds. The van der Waals surface area contributed by atoms with E-state index in [0.29, 0.717) is 5.75 Å². The number of nitrogens with one attached hydrogen (secondary N) is 2. The SMILES string of the molecule is CCNCc1cccc(NC(=O)Cc2cc(Br)ccc2OC)c1. The van der Waals surface area contributed by atoms with Crippen LogP contribution in [0.25, 0.3) is 0 Å². The first kappa shape index (κ1) is 17.5. The number of anilines is 1. The average Bonchev–Trinajstić information content (AvgIpc) is 2.53. The van der Waals surface area contributed by atoms with E-state index in [2.05, 4.69) is 33.5 Å². The van der Waals surface area contributed by atoms with Gasteiger partial charge in [0, 0.05) is 22.3 Å². The normalized spacial score (nSPS) is 10.4. The second kappa shape index (κ2) is 8.70. The van der Waals surface area contributed by atoms with Gasteiger partial charge in [0.15, 0.2) is 0 Å². The maximum Gasteiger partial charge on any atom is 0.228 e. The summed E-state index contributed by atoms with van der Waals surface area (Å²) in [6, 6.07) is 13.5. The highest BCUT2D eigenvalue weighted by Crippen LogP contribution is 2.23. The molecule has 2 N–H and O–H groups in total. The van der Waals surface area contributed by atoms with Gasteiger partial charge in [-0.2, -0.15) is 0 Å². The van der Waals surface area contributed by atoms with Gasteiger partial charge in [-0.25, -0.2) is 0 Å². The maximum absolute atomic E-state index is 12.3. The fraction of sp³-hybridized carbons (Fsp3) is 0.278. The van der Waals surface area contributed by atoms with Crippen LogP contribution in [0.5, 0.6) is 5.75 Å². The van der Waals surface area contributed by atoms with E-state index in [9.17, 15) is 4.79 Å². The zero-order valence-electron chi connectivity index (χ0n) is 13.4. The third-order valence-electron chi connectivity index (χ3n) is 3.38. The quantitative estimate of drug-likeness (QED) is 0.773. The van der Waals surface area contributed by atoms with Crippen LogP contribution in [0, 0.1) is 0 Å². The molecule has 0 unspecified atom stereocenters. The molecule has 0 radical (unpaired) electrons. The third kappa shape index (κ3) is 5.37. The van der Waals surface area contributed by atoms with Crippen LogP contribution in [0.4, 0.5) is 5.69 Å². The van der Waals surface area contributed by atoms with Gasteiger partial charge < -0.3 is 15.4 Å². The molecule has 0 aromatic heterocycles. The number of benzene rings is 2. The van der Waals surface area contributed by atoms with E-state index in [1.807, 2.05) is 42.5 Å². The van der Waals surface area contributed by atoms with Gasteiger partial charge in [-0.3, -0.25) is 4.79 Å². The van der Waals surface area contributed by atoms with Crippen molar-refractivity contribution in [3.63, 3.8) is 0 Å². The van der Waals surface area contributed by atoms with Gasteiger partial charge >= 0.3 is 0 Å². The highest BCUT2D eigenvalue weighted by atomic mass is 79.9. The van der Waals surface area contributed by atoms with Crippen LogP contribution in [-0.4, -0.2) is 19.6 Å². The Kier molecular flexibility index (Phi) is 6.62. The number of amides is 1. The molecule has 0 aliphatic rings. The van der Waals surface area contributed by atoms with Crippen molar-refractivity contribution in [3.8, 4) is 5.75 Å². The zero-order chi connectivity index (χ0) is 16.7. The largest absolute Gasteiger partial charge is 0.496 e. The number of hydrogen-bond acceptors (Lipinski definition) is 3. The molecule has 5 heteroatoms. The van der Waals surface area contributed by atoms with Crippen molar-refractivity contribution < 1.29 is 9.53 Å². The number of halogens is 1. The number of ether oxygens (including phenoxy) is 1. The van der Waals surface area contributed by atoms with Crippen LogP contribution in [0.3, 0.4) is 0 Å². The minimum Gasteiger partial charge on any atom is -0.496 e. The maximum atomic E-state index is 12.3. The Labute approximate surface area is 145 Å². The summed E-state index contributed by atoms with van der Waals surface area (Å²) in [7, 11) is 1.61. The molecule has 0 bridgehead atoms. The topological polar surface area (TPSA) is 50.4 Å². The lowest BCUT2D eigenvalue weighted by Crippen LogP contribution is -2.16. The first-order chi connectivity index (χ1) is 11.1. The molecule has 4 nitrogen and oxygen atoms in total. The molecule has 122 valence electrons. The van der Waals surface area contributed by atoms with Crippen molar-refractivity contribution in [2.75, 3.05) is 19.0 Å². The summed E-state index contributed by atoms with van der Waals surface area (Å²) in [6.45, 7) is 3.77. The zero-order valence-corrected chi connectivity index (χ0v) is 14.9. The van der Waals surface area contributed by atoms with E-state index < -0.39 is 0 Å². The highest BCUT2D eigenvalue weighted by molar-refractivity contribution is 9.10. The second-order valence-corrected chi connectivity index (χ2v) is 6.08. The first-order valence-electron chi connectivity index (χ1n) is 7.54. The molecule has 23 heavy (non-hydrogen) atoms. The summed E-state index contributed by atoms with van der Waals surface area (Å²) in [5.74, 6) is 0.645. The van der Waals surface area contributed by atoms with Crippen molar-refractivity contribution >= 4 is 27.5 Å². The van der Waals surface area contributed by atoms with Crippen LogP contribution in [0.1, 0.15) is 18.1 Å². The number of carbonyl (C=O) groups excluding carboxylic acids is 1. The lowest BCUT2D eigenvalue weighted by Gasteiger charge is -2.10. The lowest BCUT2D eigenvalue weighted by atomic mass is 10.1. The predicted octanol–water partition coefficient (Wildman–Crippen LogP) is 3.75. The molecule has 0 saturated heterocycles. The summed E-state index contributed by atoms with van der Waals surface area (Å²) in [6.07, 6.45) is 0.264. The molecule has 0 aliphatic carbocycles. The Balaban J connectivity index is 2.03. The molecule has 0 saturated carbocycles. The summed E-state index contributed by atoms with van der Waals surface area (Å²) < 4.78 is 6.23. The minimum absolute atomic E-state index is 0.0676. The van der Waals surface area contributed by atoms with E-state index in [1.54, 1.807) is 7.11 Å². The van der Waals surface area contributed by atoms with Crippen molar-refractivity contribution in [2.45, 2.75) is 19.9 Å². The summed E-state index contributed by atoms with van der Waals surface area (Å²) >= 11 is 3.42. The Morgan fingerprint density at radius 2 is 2.04 bits per heavy atom. The fourth-order valence-electron chi connectivity index (χ4n) is 2.29. The highest BCUT2D eigenvalue weighted by Gasteiger charge is 2.10. The van der Waals surface area contributed by atoms with Gasteiger partial charge in [0.25, 0.3) is 0 Å². The van der Waals surface area contributed by atoms with Gasteiger partial charge in [-0.05, 0) is 42.4 Å². The number of methoxy groups -OCH3 is 1. The fourth-order valence-corrected chi connectivity index (χ4v) is 2.70. The molecule has 2 aromatic carbocycles. The number of carbonyl (C=O) groups is 1. The third-order valence-corrected chi connectivity index (χ3v) is 3.88. The molecular weight excluding hydrogens is 356 g/mol. The van der Waals surface area contributed by atoms with Gasteiger partial charge in [-0.15, -0.1) is 0 Å². The Hall–Kier alpha value is -1.85. The molecule has 0 atom stereocenters. The van der Waals surface area contributed by atoms with Gasteiger partial charge in [0.05, 0.1) is 13.5 Å². The Morgan fingerprint density at radius 3 is 2.78 bits per heavy atom. The summed E-state index contributed by atoms with van der Waals surface area (Å²) in [5, 5.41) is 6.21. The first-order valence-corrected chi connectivity index (χ1v) is 8.33. The molecule has 2 rings (SSSR count). The van der Waals surface area contributed by atoms with E-state index in [4.69, 9.17) is 4.74 Å². The van der Waals surface area contributed by atoms with E-state index >= 15 is 0 Å². The summed E-state index contributed by atoms with van der Waals surface area (Å²) in [4.78, 5) is 12.3. The molecule has 0 heterocycles. The van der Waals surface area contributed by atoms with Gasteiger partial charge in [0.2, 0.25) is 5.91 Å². The number of rotatable bonds is 7. The van der Waals surface area contributed by atoms with Crippen LogP contribution in [0.2, 0.25) is 0 Å². The Bertz CT molecular complexity index is 674. The van der Waals surface area contributed by atoms with E-state index in [-0.39, 0.29) is 12.3 Å². The molecular formula is C18H21BrN2O2. The van der Waals surface area contributed by atoms with Crippen molar-refractivity contribution in [3.05, 3.63) is 58.1 Å². The van der Waals surface area contributed by atoms with E-state index in [0.717, 1.165) is 34.4 Å². The molecule has 0 aliphatic heterocycles. The monoisotopic (exact) mass is 376 g/mol. The van der Waals surface area contributed by atoms with Crippen LogP contribution < -0.4 is 15.4 Å².